The van der Waals surface area contributed by atoms with E-state index in [1.54, 1.807) is 18.0 Å². The van der Waals surface area contributed by atoms with Crippen LogP contribution in [0.15, 0.2) is 30.5 Å². The molecule has 4 rings (SSSR count). The van der Waals surface area contributed by atoms with Crippen molar-refractivity contribution < 1.29 is 14.3 Å². The lowest BCUT2D eigenvalue weighted by Gasteiger charge is -2.25. The van der Waals surface area contributed by atoms with Crippen LogP contribution in [0.5, 0.6) is 0 Å². The Balaban J connectivity index is 1.87. The number of carbonyl (C=O) groups is 1. The molecule has 3 aromatic heterocycles. The molecular weight excluding hydrogens is 370 g/mol. The van der Waals surface area contributed by atoms with E-state index in [1.807, 2.05) is 24.3 Å². The molecule has 0 saturated carbocycles. The molecule has 0 bridgehead atoms. The molecule has 8 nitrogen and oxygen atoms in total. The summed E-state index contributed by atoms with van der Waals surface area (Å²) in [6, 6.07) is 7.66. The van der Waals surface area contributed by atoms with Gasteiger partial charge in [0.2, 0.25) is 5.91 Å². The number of nitrogens with one attached hydrogen (secondary N) is 1. The summed E-state index contributed by atoms with van der Waals surface area (Å²) in [7, 11) is 1.69. The number of ether oxygens (including phenoxy) is 2. The number of carbonyl (C=O) groups excluding carboxylic acids is 1. The number of methoxy groups -OCH3 is 1. The fourth-order valence-electron chi connectivity index (χ4n) is 3.69. The zero-order valence-corrected chi connectivity index (χ0v) is 17.1. The highest BCUT2D eigenvalue weighted by molar-refractivity contribution is 5.91. The summed E-state index contributed by atoms with van der Waals surface area (Å²) in [5, 5.41) is 8.50. The van der Waals surface area contributed by atoms with Crippen LogP contribution >= 0.6 is 0 Å². The van der Waals surface area contributed by atoms with Crippen LogP contribution in [0.25, 0.3) is 16.7 Å². The molecule has 1 aliphatic heterocycles. The smallest absolute Gasteiger partial charge is 0.222 e. The second kappa shape index (κ2) is 7.53. The van der Waals surface area contributed by atoms with Gasteiger partial charge in [-0.05, 0) is 18.1 Å². The van der Waals surface area contributed by atoms with E-state index >= 15 is 0 Å². The minimum absolute atomic E-state index is 0.171. The summed E-state index contributed by atoms with van der Waals surface area (Å²) in [5.74, 6) is 1.21. The van der Waals surface area contributed by atoms with E-state index in [4.69, 9.17) is 19.6 Å². The topological polar surface area (TPSA) is 91.2 Å². The van der Waals surface area contributed by atoms with Gasteiger partial charge >= 0.3 is 0 Å². The van der Waals surface area contributed by atoms with Gasteiger partial charge in [-0.2, -0.15) is 5.10 Å². The Hall–Kier alpha value is -2.84. The molecule has 29 heavy (non-hydrogen) atoms. The first kappa shape index (κ1) is 19.5. The maximum absolute atomic E-state index is 11.5. The van der Waals surface area contributed by atoms with Gasteiger partial charge in [0.15, 0.2) is 5.82 Å². The maximum Gasteiger partial charge on any atom is 0.222 e. The van der Waals surface area contributed by atoms with Crippen LogP contribution in [0.2, 0.25) is 0 Å². The summed E-state index contributed by atoms with van der Waals surface area (Å²) in [5.41, 5.74) is 2.05. The summed E-state index contributed by atoms with van der Waals surface area (Å²) in [6.07, 6.45) is 2.51. The molecule has 1 unspecified atom stereocenters. The number of nitrogens with zero attached hydrogens (tertiary/aromatic N) is 4. The quantitative estimate of drug-likeness (QED) is 0.714. The predicted molar refractivity (Wildman–Crippen MR) is 109 cm³/mol. The highest BCUT2D eigenvalue weighted by Crippen LogP contribution is 2.34. The van der Waals surface area contributed by atoms with E-state index in [0.29, 0.717) is 24.8 Å². The van der Waals surface area contributed by atoms with Crippen molar-refractivity contribution in [3.05, 3.63) is 41.9 Å². The van der Waals surface area contributed by atoms with Crippen molar-refractivity contribution in [3.63, 3.8) is 0 Å². The van der Waals surface area contributed by atoms with Gasteiger partial charge in [0.25, 0.3) is 0 Å². The molecule has 1 amide bonds. The second-order valence-corrected chi connectivity index (χ2v) is 7.60. The van der Waals surface area contributed by atoms with Crippen molar-refractivity contribution >= 4 is 22.6 Å². The Kier molecular flexibility index (Phi) is 5.06. The Morgan fingerprint density at radius 1 is 1.38 bits per heavy atom. The third-order valence-electron chi connectivity index (χ3n) is 5.24. The first-order valence-electron chi connectivity index (χ1n) is 9.70. The van der Waals surface area contributed by atoms with E-state index in [1.165, 1.54) is 6.92 Å². The number of fused-ring (bicyclic) bond motifs is 1. The molecule has 4 heterocycles. The molecule has 0 spiro atoms. The van der Waals surface area contributed by atoms with Crippen molar-refractivity contribution in [2.75, 3.05) is 25.6 Å². The number of anilines is 1. The fraction of sp³-hybridized carbons (Fsp3) is 0.429. The summed E-state index contributed by atoms with van der Waals surface area (Å²) >= 11 is 0. The van der Waals surface area contributed by atoms with Gasteiger partial charge < -0.3 is 14.8 Å². The average molecular weight is 395 g/mol. The van der Waals surface area contributed by atoms with Crippen LogP contribution < -0.4 is 5.32 Å². The van der Waals surface area contributed by atoms with Gasteiger partial charge in [-0.25, -0.2) is 14.6 Å². The normalized spacial score (nSPS) is 19.2. The molecular formula is C21H25N5O3. The third kappa shape index (κ3) is 3.49. The Morgan fingerprint density at radius 2 is 2.21 bits per heavy atom. The fourth-order valence-corrected chi connectivity index (χ4v) is 3.69. The second-order valence-electron chi connectivity index (χ2n) is 7.60. The number of amides is 1. The zero-order valence-electron chi connectivity index (χ0n) is 17.1. The van der Waals surface area contributed by atoms with Crippen molar-refractivity contribution in [2.45, 2.75) is 38.7 Å². The maximum atomic E-state index is 11.5. The van der Waals surface area contributed by atoms with Crippen LogP contribution in [-0.2, 0) is 19.9 Å². The lowest BCUT2D eigenvalue weighted by molar-refractivity contribution is -0.114. The SMILES string of the molecule is COC1(c2cccc(-n3nc(C(C)C)c4cnc(NC(C)=O)cc43)n2)CCOC1. The minimum Gasteiger partial charge on any atom is -0.378 e. The van der Waals surface area contributed by atoms with Crippen LogP contribution in [0.3, 0.4) is 0 Å². The van der Waals surface area contributed by atoms with Crippen LogP contribution in [-0.4, -0.2) is 46.0 Å². The van der Waals surface area contributed by atoms with E-state index < -0.39 is 5.60 Å². The van der Waals surface area contributed by atoms with Gasteiger partial charge in [0.05, 0.1) is 23.5 Å². The Bertz CT molecular complexity index is 1050. The lowest BCUT2D eigenvalue weighted by Crippen LogP contribution is -2.30. The highest BCUT2D eigenvalue weighted by Gasteiger charge is 2.38. The summed E-state index contributed by atoms with van der Waals surface area (Å²) in [6.45, 7) is 6.77. The molecule has 3 aromatic rings. The van der Waals surface area contributed by atoms with E-state index in [-0.39, 0.29) is 11.8 Å². The number of hydrogen-bond donors (Lipinski definition) is 1. The third-order valence-corrected chi connectivity index (χ3v) is 5.24. The molecule has 1 atom stereocenters. The first-order valence-corrected chi connectivity index (χ1v) is 9.70. The van der Waals surface area contributed by atoms with Crippen LogP contribution in [0.4, 0.5) is 5.82 Å². The Labute approximate surface area is 169 Å². The molecule has 1 fully saturated rings. The number of rotatable bonds is 5. The highest BCUT2D eigenvalue weighted by atomic mass is 16.5. The largest absolute Gasteiger partial charge is 0.378 e. The number of aromatic nitrogens is 4. The molecule has 0 radical (unpaired) electrons. The summed E-state index contributed by atoms with van der Waals surface area (Å²) < 4.78 is 13.2. The monoisotopic (exact) mass is 395 g/mol. The van der Waals surface area contributed by atoms with Crippen molar-refractivity contribution in [3.8, 4) is 5.82 Å². The van der Waals surface area contributed by atoms with Crippen LogP contribution in [0.1, 0.15) is 44.5 Å². The van der Waals surface area contributed by atoms with Crippen LogP contribution in [0, 0.1) is 0 Å². The van der Waals surface area contributed by atoms with E-state index in [2.05, 4.69) is 24.1 Å². The summed E-state index contributed by atoms with van der Waals surface area (Å²) in [4.78, 5) is 20.7. The van der Waals surface area contributed by atoms with Gasteiger partial charge in [-0.3, -0.25) is 4.79 Å². The van der Waals surface area contributed by atoms with E-state index in [0.717, 1.165) is 28.7 Å². The molecule has 1 N–H and O–H groups in total. The predicted octanol–water partition coefficient (Wildman–Crippen LogP) is 3.16. The molecule has 1 aliphatic rings. The Morgan fingerprint density at radius 3 is 2.86 bits per heavy atom. The molecule has 0 aliphatic carbocycles. The van der Waals surface area contributed by atoms with Crippen molar-refractivity contribution in [1.82, 2.24) is 19.7 Å². The number of pyridine rings is 2. The zero-order chi connectivity index (χ0) is 20.6. The van der Waals surface area contributed by atoms with Gasteiger partial charge in [-0.15, -0.1) is 0 Å². The lowest BCUT2D eigenvalue weighted by atomic mass is 9.98. The molecule has 8 heteroatoms. The molecule has 0 aromatic carbocycles. The van der Waals surface area contributed by atoms with Gasteiger partial charge in [-0.1, -0.05) is 19.9 Å². The molecule has 152 valence electrons. The van der Waals surface area contributed by atoms with Gasteiger partial charge in [0.1, 0.15) is 11.4 Å². The van der Waals surface area contributed by atoms with Gasteiger partial charge in [0, 0.05) is 44.7 Å². The molecule has 1 saturated heterocycles. The minimum atomic E-state index is -0.539. The van der Waals surface area contributed by atoms with E-state index in [9.17, 15) is 4.79 Å². The average Bonchev–Trinajstić information content (AvgIpc) is 3.33. The first-order chi connectivity index (χ1) is 13.9. The number of hydrogen-bond acceptors (Lipinski definition) is 6. The standard InChI is InChI=1S/C21H25N5O3/c1-13(2)20-15-11-22-18(23-14(3)27)10-16(15)26(25-20)19-7-5-6-17(24-19)21(28-4)8-9-29-12-21/h5-7,10-11,13H,8-9,12H2,1-4H3,(H,22,23,27). The van der Waals surface area contributed by atoms with Crippen molar-refractivity contribution in [2.24, 2.45) is 0 Å². The van der Waals surface area contributed by atoms with Crippen molar-refractivity contribution in [1.29, 1.82) is 0 Å².